The third-order valence-corrected chi connectivity index (χ3v) is 6.15. The minimum absolute atomic E-state index is 0.0775. The quantitative estimate of drug-likeness (QED) is 0.852. The fourth-order valence-electron chi connectivity index (χ4n) is 2.23. The van der Waals surface area contributed by atoms with Crippen LogP contribution in [0.5, 0.6) is 0 Å². The second kappa shape index (κ2) is 6.99. The van der Waals surface area contributed by atoms with Gasteiger partial charge < -0.3 is 5.11 Å². The molecule has 0 heterocycles. The van der Waals surface area contributed by atoms with Crippen molar-refractivity contribution in [2.24, 2.45) is 0 Å². The Morgan fingerprint density at radius 2 is 1.45 bits per heavy atom. The van der Waals surface area contributed by atoms with E-state index in [4.69, 9.17) is 0 Å². The van der Waals surface area contributed by atoms with Gasteiger partial charge in [-0.15, -0.1) is 0 Å². The van der Waals surface area contributed by atoms with Crippen molar-refractivity contribution in [1.82, 2.24) is 4.67 Å². The Labute approximate surface area is 122 Å². The average Bonchev–Trinajstić information content (AvgIpc) is 2.53. The summed E-state index contributed by atoms with van der Waals surface area (Å²) in [5.41, 5.74) is 0.975. The molecule has 3 heteroatoms. The van der Waals surface area contributed by atoms with Gasteiger partial charge >= 0.3 is 0 Å². The van der Waals surface area contributed by atoms with Gasteiger partial charge in [-0.05, 0) is 39.6 Å². The van der Waals surface area contributed by atoms with Gasteiger partial charge in [-0.1, -0.05) is 60.7 Å². The topological polar surface area (TPSA) is 23.5 Å². The molecule has 0 aliphatic carbocycles. The molecule has 0 unspecified atom stereocenters. The number of benzene rings is 2. The highest BCUT2D eigenvalue weighted by Crippen LogP contribution is 2.38. The van der Waals surface area contributed by atoms with Gasteiger partial charge in [0, 0.05) is 6.04 Å². The molecule has 106 valence electrons. The maximum absolute atomic E-state index is 10.5. The van der Waals surface area contributed by atoms with E-state index < -0.39 is 14.2 Å². The summed E-state index contributed by atoms with van der Waals surface area (Å²) in [7, 11) is 1.67. The van der Waals surface area contributed by atoms with Crippen LogP contribution < -0.4 is 5.30 Å². The molecule has 0 aliphatic rings. The fourth-order valence-corrected chi connectivity index (χ4v) is 3.87. The van der Waals surface area contributed by atoms with E-state index in [1.165, 1.54) is 5.30 Å². The molecule has 0 spiro atoms. The number of hydrogen-bond donors (Lipinski definition) is 1. The van der Waals surface area contributed by atoms with Crippen molar-refractivity contribution >= 4 is 13.4 Å². The molecule has 2 nitrogen and oxygen atoms in total. The Bertz CT molecular complexity index is 468. The van der Waals surface area contributed by atoms with Crippen LogP contribution in [0, 0.1) is 0 Å². The van der Waals surface area contributed by atoms with E-state index in [9.17, 15) is 5.11 Å². The van der Waals surface area contributed by atoms with Crippen LogP contribution in [0.3, 0.4) is 0 Å². The molecule has 0 fully saturated rings. The zero-order chi connectivity index (χ0) is 14.5. The Morgan fingerprint density at radius 3 is 2.00 bits per heavy atom. The standard InChI is InChI=1S/C17H22NOP/c1-14(17(19)15-10-6-4-7-11-15)18(2)20(3)16-12-8-5-9-13-16/h4-14,17,19H,1-3H3/t14-,17-,20-/m1/s1. The highest BCUT2D eigenvalue weighted by Gasteiger charge is 2.24. The summed E-state index contributed by atoms with van der Waals surface area (Å²) in [4.78, 5) is 0. The number of likely N-dealkylation sites (N-methyl/N-ethyl adjacent to an activating group) is 1. The minimum Gasteiger partial charge on any atom is -0.387 e. The van der Waals surface area contributed by atoms with Crippen molar-refractivity contribution in [3.63, 3.8) is 0 Å². The van der Waals surface area contributed by atoms with Crippen LogP contribution in [0.25, 0.3) is 0 Å². The molecule has 20 heavy (non-hydrogen) atoms. The number of nitrogens with zero attached hydrogens (tertiary/aromatic N) is 1. The summed E-state index contributed by atoms with van der Waals surface area (Å²) in [6.07, 6.45) is -0.463. The van der Waals surface area contributed by atoms with Crippen molar-refractivity contribution in [2.45, 2.75) is 19.1 Å². The van der Waals surface area contributed by atoms with E-state index in [0.29, 0.717) is 0 Å². The molecule has 2 rings (SSSR count). The van der Waals surface area contributed by atoms with Gasteiger partial charge in [0.25, 0.3) is 0 Å². The zero-order valence-corrected chi connectivity index (χ0v) is 13.2. The molecule has 0 aliphatic heterocycles. The highest BCUT2D eigenvalue weighted by atomic mass is 31.1. The second-order valence-corrected chi connectivity index (χ2v) is 7.22. The van der Waals surface area contributed by atoms with E-state index in [-0.39, 0.29) is 6.04 Å². The summed E-state index contributed by atoms with van der Waals surface area (Å²) in [5.74, 6) is 0. The van der Waals surface area contributed by atoms with Gasteiger partial charge in [0.05, 0.1) is 6.10 Å². The average molecular weight is 287 g/mol. The first kappa shape index (κ1) is 15.2. The van der Waals surface area contributed by atoms with Crippen molar-refractivity contribution in [2.75, 3.05) is 13.7 Å². The van der Waals surface area contributed by atoms with Crippen LogP contribution in [0.1, 0.15) is 18.6 Å². The Morgan fingerprint density at radius 1 is 0.950 bits per heavy atom. The van der Waals surface area contributed by atoms with Crippen molar-refractivity contribution < 1.29 is 5.11 Å². The van der Waals surface area contributed by atoms with Crippen molar-refractivity contribution in [3.05, 3.63) is 66.2 Å². The predicted molar refractivity (Wildman–Crippen MR) is 87.5 cm³/mol. The first-order chi connectivity index (χ1) is 9.61. The summed E-state index contributed by atoms with van der Waals surface area (Å²) >= 11 is 0. The highest BCUT2D eigenvalue weighted by molar-refractivity contribution is 7.62. The van der Waals surface area contributed by atoms with Gasteiger partial charge in [-0.3, -0.25) is 4.67 Å². The minimum atomic E-state index is -0.463. The summed E-state index contributed by atoms with van der Waals surface area (Å²) < 4.78 is 2.28. The lowest BCUT2D eigenvalue weighted by atomic mass is 10.0. The van der Waals surface area contributed by atoms with E-state index in [1.807, 2.05) is 36.4 Å². The van der Waals surface area contributed by atoms with Crippen LogP contribution in [-0.4, -0.2) is 29.5 Å². The maximum atomic E-state index is 10.5. The summed E-state index contributed by atoms with van der Waals surface area (Å²) in [6, 6.07) is 20.4. The Balaban J connectivity index is 2.10. The molecule has 1 N–H and O–H groups in total. The Kier molecular flexibility index (Phi) is 5.31. The number of rotatable bonds is 5. The largest absolute Gasteiger partial charge is 0.387 e. The third-order valence-electron chi connectivity index (χ3n) is 3.79. The zero-order valence-electron chi connectivity index (χ0n) is 12.3. The smallest absolute Gasteiger partial charge is 0.0945 e. The number of aliphatic hydroxyl groups excluding tert-OH is 1. The Hall–Kier alpha value is -1.21. The first-order valence-corrected chi connectivity index (χ1v) is 8.60. The molecule has 0 amide bonds. The number of aliphatic hydroxyl groups is 1. The van der Waals surface area contributed by atoms with Gasteiger partial charge in [-0.25, -0.2) is 0 Å². The van der Waals surface area contributed by atoms with Crippen molar-refractivity contribution in [3.8, 4) is 0 Å². The van der Waals surface area contributed by atoms with Crippen LogP contribution in [0.4, 0.5) is 0 Å². The predicted octanol–water partition coefficient (Wildman–Crippen LogP) is 3.39. The monoisotopic (exact) mass is 287 g/mol. The second-order valence-electron chi connectivity index (χ2n) is 5.03. The lowest BCUT2D eigenvalue weighted by Crippen LogP contribution is -2.32. The summed E-state index contributed by atoms with van der Waals surface area (Å²) in [6.45, 7) is 4.32. The van der Waals surface area contributed by atoms with E-state index in [0.717, 1.165) is 5.56 Å². The lowest BCUT2D eigenvalue weighted by Gasteiger charge is -2.34. The van der Waals surface area contributed by atoms with Gasteiger partial charge in [0.2, 0.25) is 0 Å². The van der Waals surface area contributed by atoms with Gasteiger partial charge in [0.1, 0.15) is 0 Å². The van der Waals surface area contributed by atoms with Crippen molar-refractivity contribution in [1.29, 1.82) is 0 Å². The first-order valence-electron chi connectivity index (χ1n) is 6.86. The molecule has 0 saturated carbocycles. The molecular weight excluding hydrogens is 265 g/mol. The SMILES string of the molecule is C[C@H]([C@@H](O)c1ccccc1)N(C)[P@](C)c1ccccc1. The summed E-state index contributed by atoms with van der Waals surface area (Å²) in [5, 5.41) is 11.9. The molecule has 0 saturated heterocycles. The third kappa shape index (κ3) is 3.46. The van der Waals surface area contributed by atoms with E-state index >= 15 is 0 Å². The van der Waals surface area contributed by atoms with Crippen LogP contribution in [0.15, 0.2) is 60.7 Å². The molecule has 0 aromatic heterocycles. The van der Waals surface area contributed by atoms with E-state index in [1.54, 1.807) is 0 Å². The maximum Gasteiger partial charge on any atom is 0.0945 e. The lowest BCUT2D eigenvalue weighted by molar-refractivity contribution is 0.110. The molecular formula is C17H22NOP. The molecule has 0 radical (unpaired) electrons. The van der Waals surface area contributed by atoms with Crippen LogP contribution >= 0.6 is 8.07 Å². The fraction of sp³-hybridized carbons (Fsp3) is 0.294. The molecule has 2 aromatic carbocycles. The van der Waals surface area contributed by atoms with Crippen LogP contribution in [-0.2, 0) is 0 Å². The normalized spacial score (nSPS) is 15.8. The van der Waals surface area contributed by atoms with Crippen LogP contribution in [0.2, 0.25) is 0 Å². The molecule has 0 bridgehead atoms. The molecule has 3 atom stereocenters. The van der Waals surface area contributed by atoms with E-state index in [2.05, 4.69) is 49.6 Å². The van der Waals surface area contributed by atoms with Gasteiger partial charge in [-0.2, -0.15) is 0 Å². The van der Waals surface area contributed by atoms with Gasteiger partial charge in [0.15, 0.2) is 0 Å². The molecule has 2 aromatic rings. The number of hydrogen-bond acceptors (Lipinski definition) is 2.